The van der Waals surface area contributed by atoms with Gasteiger partial charge in [-0.05, 0) is 24.9 Å². The first-order chi connectivity index (χ1) is 9.13. The van der Waals surface area contributed by atoms with Gasteiger partial charge in [-0.25, -0.2) is 0 Å². The summed E-state index contributed by atoms with van der Waals surface area (Å²) in [7, 11) is 0. The van der Waals surface area contributed by atoms with Crippen molar-refractivity contribution in [2.45, 2.75) is 25.3 Å². The Bertz CT molecular complexity index is 406. The van der Waals surface area contributed by atoms with Crippen LogP contribution in [0.15, 0.2) is 30.3 Å². The lowest BCUT2D eigenvalue weighted by Crippen LogP contribution is -2.36. The summed E-state index contributed by atoms with van der Waals surface area (Å²) >= 11 is 0. The third-order valence-corrected chi connectivity index (χ3v) is 2.67. The van der Waals surface area contributed by atoms with Crippen LogP contribution < -0.4 is 11.5 Å². The van der Waals surface area contributed by atoms with Crippen LogP contribution in [0.3, 0.4) is 0 Å². The van der Waals surface area contributed by atoms with Crippen LogP contribution in [0.5, 0.6) is 0 Å². The highest BCUT2D eigenvalue weighted by atomic mass is 16.5. The zero-order chi connectivity index (χ0) is 14.1. The molecule has 0 heterocycles. The number of hydrogen-bond donors (Lipinski definition) is 2. The molecule has 0 saturated carbocycles. The Kier molecular flexibility index (Phi) is 6.78. The molecule has 0 fully saturated rings. The fraction of sp³-hybridized carbons (Fsp3) is 0.429. The number of ketones is 1. The molecule has 1 aromatic carbocycles. The van der Waals surface area contributed by atoms with Gasteiger partial charge in [-0.15, -0.1) is 0 Å². The minimum absolute atomic E-state index is 0.234. The monoisotopic (exact) mass is 264 g/mol. The van der Waals surface area contributed by atoms with Crippen molar-refractivity contribution in [3.63, 3.8) is 0 Å². The quantitative estimate of drug-likeness (QED) is 0.663. The second-order valence-corrected chi connectivity index (χ2v) is 4.32. The molecule has 0 aliphatic carbocycles. The minimum Gasteiger partial charge on any atom is -0.458 e. The second kappa shape index (κ2) is 8.39. The summed E-state index contributed by atoms with van der Waals surface area (Å²) in [4.78, 5) is 22.9. The summed E-state index contributed by atoms with van der Waals surface area (Å²) in [6.45, 7) is 0.161. The molecule has 0 saturated heterocycles. The van der Waals surface area contributed by atoms with E-state index in [-0.39, 0.29) is 18.8 Å². The predicted octanol–water partition coefficient (Wildman–Crippen LogP) is 0.408. The summed E-state index contributed by atoms with van der Waals surface area (Å²) < 4.78 is 4.84. The highest BCUT2D eigenvalue weighted by Gasteiger charge is 2.16. The van der Waals surface area contributed by atoms with E-state index in [1.807, 2.05) is 30.3 Å². The van der Waals surface area contributed by atoms with E-state index in [0.717, 1.165) is 5.56 Å². The standard InChI is InChI=1S/C14H20N2O3/c15-8-4-7-14(18)19-10-13(17)12(16)9-11-5-2-1-3-6-11/h1-3,5-6,12H,4,7-10,15-16H2/t12-/m0/s1. The lowest BCUT2D eigenvalue weighted by molar-refractivity contribution is -0.148. The lowest BCUT2D eigenvalue weighted by atomic mass is 10.0. The molecule has 4 N–H and O–H groups in total. The van der Waals surface area contributed by atoms with E-state index in [1.165, 1.54) is 0 Å². The summed E-state index contributed by atoms with van der Waals surface area (Å²) in [6, 6.07) is 8.83. The topological polar surface area (TPSA) is 95.4 Å². The molecule has 0 aromatic heterocycles. The Morgan fingerprint density at radius 3 is 2.53 bits per heavy atom. The Balaban J connectivity index is 2.31. The first-order valence-electron chi connectivity index (χ1n) is 6.31. The van der Waals surface area contributed by atoms with Gasteiger partial charge in [0.15, 0.2) is 12.4 Å². The summed E-state index contributed by atoms with van der Waals surface area (Å²) in [6.07, 6.45) is 1.24. The second-order valence-electron chi connectivity index (χ2n) is 4.32. The van der Waals surface area contributed by atoms with Gasteiger partial charge in [0.2, 0.25) is 0 Å². The van der Waals surface area contributed by atoms with Crippen LogP contribution in [-0.4, -0.2) is 30.9 Å². The number of rotatable bonds is 8. The van der Waals surface area contributed by atoms with Crippen molar-refractivity contribution in [2.75, 3.05) is 13.2 Å². The Morgan fingerprint density at radius 2 is 1.89 bits per heavy atom. The maximum Gasteiger partial charge on any atom is 0.306 e. The highest BCUT2D eigenvalue weighted by molar-refractivity contribution is 5.87. The minimum atomic E-state index is -0.648. The molecule has 5 nitrogen and oxygen atoms in total. The third kappa shape index (κ3) is 6.13. The Morgan fingerprint density at radius 1 is 1.21 bits per heavy atom. The van der Waals surface area contributed by atoms with Crippen LogP contribution >= 0.6 is 0 Å². The molecule has 1 atom stereocenters. The fourth-order valence-corrected chi connectivity index (χ4v) is 1.56. The first-order valence-corrected chi connectivity index (χ1v) is 6.31. The number of carbonyl (C=O) groups excluding carboxylic acids is 2. The largest absolute Gasteiger partial charge is 0.458 e. The van der Waals surface area contributed by atoms with Gasteiger partial charge in [-0.3, -0.25) is 9.59 Å². The van der Waals surface area contributed by atoms with E-state index >= 15 is 0 Å². The average molecular weight is 264 g/mol. The molecule has 0 amide bonds. The number of ether oxygens (including phenoxy) is 1. The zero-order valence-corrected chi connectivity index (χ0v) is 10.9. The molecule has 0 aliphatic rings. The van der Waals surface area contributed by atoms with E-state index in [0.29, 0.717) is 19.4 Å². The average Bonchev–Trinajstić information content (AvgIpc) is 2.43. The van der Waals surface area contributed by atoms with Crippen molar-refractivity contribution in [1.82, 2.24) is 0 Å². The molecule has 1 rings (SSSR count). The van der Waals surface area contributed by atoms with Gasteiger partial charge in [0.1, 0.15) is 0 Å². The summed E-state index contributed by atoms with van der Waals surface area (Å²) in [5, 5.41) is 0. The number of nitrogens with two attached hydrogens (primary N) is 2. The van der Waals surface area contributed by atoms with Crippen LogP contribution in [-0.2, 0) is 20.7 Å². The SMILES string of the molecule is NCCCC(=O)OCC(=O)[C@@H](N)Cc1ccccc1. The number of benzene rings is 1. The van der Waals surface area contributed by atoms with Gasteiger partial charge in [0.25, 0.3) is 0 Å². The summed E-state index contributed by atoms with van der Waals surface area (Å²) in [5.74, 6) is -0.685. The van der Waals surface area contributed by atoms with Crippen LogP contribution in [0, 0.1) is 0 Å². The van der Waals surface area contributed by atoms with Crippen LogP contribution in [0.4, 0.5) is 0 Å². The molecule has 0 spiro atoms. The maximum atomic E-state index is 11.7. The molecule has 0 unspecified atom stereocenters. The maximum absolute atomic E-state index is 11.7. The molecule has 0 bridgehead atoms. The smallest absolute Gasteiger partial charge is 0.306 e. The van der Waals surface area contributed by atoms with E-state index in [2.05, 4.69) is 0 Å². The van der Waals surface area contributed by atoms with Gasteiger partial charge < -0.3 is 16.2 Å². The fourth-order valence-electron chi connectivity index (χ4n) is 1.56. The van der Waals surface area contributed by atoms with Gasteiger partial charge in [-0.1, -0.05) is 30.3 Å². The van der Waals surface area contributed by atoms with Crippen molar-refractivity contribution in [2.24, 2.45) is 11.5 Å². The molecular formula is C14H20N2O3. The number of Topliss-reactive ketones (excluding diaryl/α,β-unsaturated/α-hetero) is 1. The Labute approximate surface area is 112 Å². The molecular weight excluding hydrogens is 244 g/mol. The predicted molar refractivity (Wildman–Crippen MR) is 72.4 cm³/mol. The van der Waals surface area contributed by atoms with Gasteiger partial charge >= 0.3 is 5.97 Å². The first kappa shape index (κ1) is 15.3. The van der Waals surface area contributed by atoms with Crippen molar-refractivity contribution in [3.8, 4) is 0 Å². The van der Waals surface area contributed by atoms with Crippen LogP contribution in [0.2, 0.25) is 0 Å². The third-order valence-electron chi connectivity index (χ3n) is 2.67. The Hall–Kier alpha value is -1.72. The van der Waals surface area contributed by atoms with Crippen molar-refractivity contribution >= 4 is 11.8 Å². The highest BCUT2D eigenvalue weighted by Crippen LogP contribution is 2.03. The normalized spacial score (nSPS) is 11.9. The number of hydrogen-bond acceptors (Lipinski definition) is 5. The zero-order valence-electron chi connectivity index (χ0n) is 10.9. The van der Waals surface area contributed by atoms with Crippen molar-refractivity contribution in [1.29, 1.82) is 0 Å². The molecule has 1 aromatic rings. The van der Waals surface area contributed by atoms with Crippen molar-refractivity contribution < 1.29 is 14.3 Å². The van der Waals surface area contributed by atoms with Crippen LogP contribution in [0.25, 0.3) is 0 Å². The molecule has 0 radical (unpaired) electrons. The molecule has 104 valence electrons. The molecule has 0 aliphatic heterocycles. The van der Waals surface area contributed by atoms with Gasteiger partial charge in [0, 0.05) is 6.42 Å². The lowest BCUT2D eigenvalue weighted by Gasteiger charge is -2.11. The van der Waals surface area contributed by atoms with E-state index < -0.39 is 12.0 Å². The van der Waals surface area contributed by atoms with E-state index in [9.17, 15) is 9.59 Å². The van der Waals surface area contributed by atoms with Gasteiger partial charge in [0.05, 0.1) is 6.04 Å². The number of carbonyl (C=O) groups is 2. The summed E-state index contributed by atoms with van der Waals surface area (Å²) in [5.41, 5.74) is 12.0. The van der Waals surface area contributed by atoms with Crippen molar-refractivity contribution in [3.05, 3.63) is 35.9 Å². The molecule has 19 heavy (non-hydrogen) atoms. The van der Waals surface area contributed by atoms with Gasteiger partial charge in [-0.2, -0.15) is 0 Å². The van der Waals surface area contributed by atoms with E-state index in [1.54, 1.807) is 0 Å². The molecule has 5 heteroatoms. The van der Waals surface area contributed by atoms with E-state index in [4.69, 9.17) is 16.2 Å². The number of esters is 1. The van der Waals surface area contributed by atoms with Crippen LogP contribution in [0.1, 0.15) is 18.4 Å².